The normalized spacial score (nSPS) is 12.3. The number of anilines is 3. The van der Waals surface area contributed by atoms with E-state index < -0.39 is 20.2 Å². The van der Waals surface area contributed by atoms with Crippen molar-refractivity contribution in [3.05, 3.63) is 53.6 Å². The summed E-state index contributed by atoms with van der Waals surface area (Å²) in [6, 6.07) is 11.0. The molecule has 4 aromatic rings. The Bertz CT molecular complexity index is 1390. The highest BCUT2D eigenvalue weighted by Crippen LogP contribution is 2.34. The third-order valence-electron chi connectivity index (χ3n) is 4.12. The van der Waals surface area contributed by atoms with Gasteiger partial charge in [0.05, 0.1) is 9.92 Å². The zero-order chi connectivity index (χ0) is 22.4. The number of thiazole rings is 1. The first-order chi connectivity index (χ1) is 14.6. The van der Waals surface area contributed by atoms with E-state index in [9.17, 15) is 21.6 Å². The third kappa shape index (κ3) is 4.01. The minimum atomic E-state index is -5.44. The molecule has 160 valence electrons. The molecular formula is C18H11ClF3N5O2S2. The number of hydrogen-bond acceptors (Lipinski definition) is 8. The molecule has 0 aliphatic heterocycles. The molecule has 0 bridgehead atoms. The molecule has 13 heteroatoms. The molecule has 0 amide bonds. The quantitative estimate of drug-likeness (QED) is 0.417. The average molecular weight is 486 g/mol. The number of nitrogens with zero attached hydrogens (tertiary/aromatic N) is 3. The Labute approximate surface area is 182 Å². The van der Waals surface area contributed by atoms with E-state index in [1.54, 1.807) is 24.3 Å². The minimum Gasteiger partial charge on any atom is -0.375 e. The second kappa shape index (κ2) is 7.62. The smallest absolute Gasteiger partial charge is 0.375 e. The van der Waals surface area contributed by atoms with Crippen LogP contribution < -0.4 is 11.1 Å². The van der Waals surface area contributed by atoms with Gasteiger partial charge in [-0.25, -0.2) is 23.4 Å². The number of aromatic nitrogens is 3. The Kier molecular flexibility index (Phi) is 5.23. The predicted octanol–water partition coefficient (Wildman–Crippen LogP) is 5.03. The van der Waals surface area contributed by atoms with Crippen LogP contribution in [0.25, 0.3) is 21.7 Å². The average Bonchev–Trinajstić information content (AvgIpc) is 3.08. The maximum atomic E-state index is 12.7. The molecule has 0 saturated heterocycles. The van der Waals surface area contributed by atoms with Gasteiger partial charge in [-0.15, -0.1) is 0 Å². The number of nitrogens with one attached hydrogen (secondary N) is 1. The maximum Gasteiger partial charge on any atom is 0.501 e. The van der Waals surface area contributed by atoms with Crippen LogP contribution in [0.15, 0.2) is 53.4 Å². The van der Waals surface area contributed by atoms with Gasteiger partial charge in [0.15, 0.2) is 21.6 Å². The first kappa shape index (κ1) is 21.3. The van der Waals surface area contributed by atoms with Gasteiger partial charge in [0.2, 0.25) is 0 Å². The van der Waals surface area contributed by atoms with Crippen molar-refractivity contribution in [3.8, 4) is 11.4 Å². The molecule has 0 radical (unpaired) electrons. The fourth-order valence-electron chi connectivity index (χ4n) is 2.68. The maximum absolute atomic E-state index is 12.7. The van der Waals surface area contributed by atoms with Gasteiger partial charge in [-0.3, -0.25) is 0 Å². The summed E-state index contributed by atoms with van der Waals surface area (Å²) < 4.78 is 61.3. The lowest BCUT2D eigenvalue weighted by atomic mass is 10.2. The molecule has 0 saturated carbocycles. The Morgan fingerprint density at radius 3 is 2.32 bits per heavy atom. The number of sulfone groups is 1. The number of nitrogen functional groups attached to an aromatic ring is 1. The van der Waals surface area contributed by atoms with E-state index in [-0.39, 0.29) is 16.6 Å². The number of hydrogen-bond donors (Lipinski definition) is 2. The van der Waals surface area contributed by atoms with E-state index in [1.807, 2.05) is 0 Å². The summed E-state index contributed by atoms with van der Waals surface area (Å²) in [5.74, 6) is 0.528. The number of benzene rings is 2. The van der Waals surface area contributed by atoms with Gasteiger partial charge < -0.3 is 11.1 Å². The van der Waals surface area contributed by atoms with Gasteiger partial charge in [0, 0.05) is 11.3 Å². The number of halogens is 4. The molecule has 3 N–H and O–H groups in total. The predicted molar refractivity (Wildman–Crippen MR) is 113 cm³/mol. The van der Waals surface area contributed by atoms with Crippen LogP contribution in [-0.4, -0.2) is 28.9 Å². The zero-order valence-electron chi connectivity index (χ0n) is 15.2. The Hall–Kier alpha value is -2.96. The third-order valence-corrected chi connectivity index (χ3v) is 6.73. The van der Waals surface area contributed by atoms with E-state index in [2.05, 4.69) is 20.3 Å². The highest BCUT2D eigenvalue weighted by Gasteiger charge is 2.46. The van der Waals surface area contributed by atoms with Crippen molar-refractivity contribution < 1.29 is 21.6 Å². The zero-order valence-corrected chi connectivity index (χ0v) is 17.6. The van der Waals surface area contributed by atoms with Crippen LogP contribution in [0.5, 0.6) is 0 Å². The van der Waals surface area contributed by atoms with Crippen LogP contribution in [0.2, 0.25) is 5.02 Å². The monoisotopic (exact) mass is 485 g/mol. The number of nitrogens with two attached hydrogens (primary N) is 1. The molecule has 0 spiro atoms. The topological polar surface area (TPSA) is 111 Å². The first-order valence-electron chi connectivity index (χ1n) is 8.43. The Morgan fingerprint density at radius 1 is 1.00 bits per heavy atom. The standard InChI is InChI=1S/C18H11ClF3N5O2S2/c19-12-4-2-1-3-11(12)14-26-15(13-16(27-14)30-17(23)25-13)24-9-5-7-10(8-6-9)31(28,29)18(20,21)22/h1-8H,(H2,23,25)(H,24,26,27). The number of alkyl halides is 3. The van der Waals surface area contributed by atoms with Gasteiger partial charge in [0.1, 0.15) is 5.52 Å². The van der Waals surface area contributed by atoms with Gasteiger partial charge in [-0.05, 0) is 36.4 Å². The van der Waals surface area contributed by atoms with Crippen molar-refractivity contribution in [1.82, 2.24) is 15.0 Å². The van der Waals surface area contributed by atoms with Crippen molar-refractivity contribution in [3.63, 3.8) is 0 Å². The fraction of sp³-hybridized carbons (Fsp3) is 0.0556. The van der Waals surface area contributed by atoms with Crippen LogP contribution in [0.3, 0.4) is 0 Å². The molecule has 4 rings (SSSR count). The fourth-order valence-corrected chi connectivity index (χ4v) is 4.36. The second-order valence-corrected chi connectivity index (χ2v) is 9.54. The van der Waals surface area contributed by atoms with Crippen molar-refractivity contribution in [2.24, 2.45) is 0 Å². The summed E-state index contributed by atoms with van der Waals surface area (Å²) in [4.78, 5) is 12.7. The first-order valence-corrected chi connectivity index (χ1v) is 11.1. The molecule has 0 aliphatic carbocycles. The summed E-state index contributed by atoms with van der Waals surface area (Å²) >= 11 is 7.37. The Morgan fingerprint density at radius 2 is 1.68 bits per heavy atom. The molecule has 2 aromatic heterocycles. The van der Waals surface area contributed by atoms with Crippen molar-refractivity contribution >= 4 is 59.8 Å². The van der Waals surface area contributed by atoms with Crippen molar-refractivity contribution in [2.75, 3.05) is 11.1 Å². The number of rotatable bonds is 4. The van der Waals surface area contributed by atoms with Crippen LogP contribution in [0, 0.1) is 0 Å². The van der Waals surface area contributed by atoms with Crippen molar-refractivity contribution in [1.29, 1.82) is 0 Å². The van der Waals surface area contributed by atoms with Gasteiger partial charge in [-0.1, -0.05) is 35.1 Å². The molecule has 0 fully saturated rings. The van der Waals surface area contributed by atoms with Gasteiger partial charge in [-0.2, -0.15) is 13.2 Å². The van der Waals surface area contributed by atoms with Crippen LogP contribution in [-0.2, 0) is 9.84 Å². The summed E-state index contributed by atoms with van der Waals surface area (Å²) in [6.45, 7) is 0. The summed E-state index contributed by atoms with van der Waals surface area (Å²) in [5, 5.41) is 3.59. The second-order valence-electron chi connectivity index (χ2n) is 6.18. The van der Waals surface area contributed by atoms with Crippen LogP contribution in [0.1, 0.15) is 0 Å². The lowest BCUT2D eigenvalue weighted by Crippen LogP contribution is -2.23. The summed E-state index contributed by atoms with van der Waals surface area (Å²) in [6.07, 6.45) is 0. The lowest BCUT2D eigenvalue weighted by Gasteiger charge is -2.11. The summed E-state index contributed by atoms with van der Waals surface area (Å²) in [7, 11) is -5.44. The lowest BCUT2D eigenvalue weighted by molar-refractivity contribution is -0.0436. The van der Waals surface area contributed by atoms with E-state index >= 15 is 0 Å². The molecule has 0 unspecified atom stereocenters. The molecule has 2 aromatic carbocycles. The SMILES string of the molecule is Nc1nc2c(Nc3ccc(S(=O)(=O)C(F)(F)F)cc3)nc(-c3ccccc3Cl)nc2s1. The largest absolute Gasteiger partial charge is 0.501 e. The Balaban J connectivity index is 1.76. The van der Waals surface area contributed by atoms with Crippen LogP contribution in [0.4, 0.5) is 29.8 Å². The highest BCUT2D eigenvalue weighted by molar-refractivity contribution is 7.92. The number of fused-ring (bicyclic) bond motifs is 1. The molecule has 0 aliphatic rings. The van der Waals surface area contributed by atoms with E-state index in [0.29, 0.717) is 26.8 Å². The van der Waals surface area contributed by atoms with E-state index in [1.165, 1.54) is 12.1 Å². The minimum absolute atomic E-state index is 0.235. The van der Waals surface area contributed by atoms with Crippen LogP contribution >= 0.6 is 22.9 Å². The van der Waals surface area contributed by atoms with E-state index in [4.69, 9.17) is 17.3 Å². The highest BCUT2D eigenvalue weighted by atomic mass is 35.5. The van der Waals surface area contributed by atoms with E-state index in [0.717, 1.165) is 23.5 Å². The molecule has 2 heterocycles. The molecular weight excluding hydrogens is 475 g/mol. The molecule has 7 nitrogen and oxygen atoms in total. The van der Waals surface area contributed by atoms with Crippen molar-refractivity contribution in [2.45, 2.75) is 10.4 Å². The van der Waals surface area contributed by atoms with Gasteiger partial charge in [0.25, 0.3) is 9.84 Å². The molecule has 0 atom stereocenters. The molecule has 31 heavy (non-hydrogen) atoms. The van der Waals surface area contributed by atoms with Gasteiger partial charge >= 0.3 is 5.51 Å². The summed E-state index contributed by atoms with van der Waals surface area (Å²) in [5.41, 5.74) is 1.61.